The van der Waals surface area contributed by atoms with Crippen molar-refractivity contribution >= 4 is 13.5 Å². The minimum Gasteiger partial charge on any atom is -1.00 e. The molecule has 0 saturated heterocycles. The summed E-state index contributed by atoms with van der Waals surface area (Å²) in [6.45, 7) is 0.364. The zero-order valence-electron chi connectivity index (χ0n) is 17.1. The summed E-state index contributed by atoms with van der Waals surface area (Å²) in [6, 6.07) is 17.2. The van der Waals surface area contributed by atoms with Gasteiger partial charge in [0, 0.05) is 6.54 Å². The van der Waals surface area contributed by atoms with Crippen LogP contribution in [0.25, 0.3) is 0 Å². The summed E-state index contributed by atoms with van der Waals surface area (Å²) in [5, 5.41) is 2.50. The van der Waals surface area contributed by atoms with Crippen LogP contribution in [0.15, 0.2) is 54.6 Å². The van der Waals surface area contributed by atoms with Gasteiger partial charge in [-0.25, -0.2) is 0 Å². The number of hydrogen-bond donors (Lipinski definition) is 3. The molecule has 2 rings (SSSR count). The smallest absolute Gasteiger partial charge is 1.00 e. The van der Waals surface area contributed by atoms with Crippen LogP contribution in [0.3, 0.4) is 0 Å². The quantitative estimate of drug-likeness (QED) is 0.235. The molecular formula is C17H22K2NO5P. The third-order valence-corrected chi connectivity index (χ3v) is 3.89. The molecule has 0 atom stereocenters. The number of ether oxygens (including phenoxy) is 1. The maximum atomic E-state index is 11.3. The fourth-order valence-corrected chi connectivity index (χ4v) is 2.64. The average Bonchev–Trinajstić information content (AvgIpc) is 2.51. The van der Waals surface area contributed by atoms with Gasteiger partial charge >= 0.3 is 110 Å². The van der Waals surface area contributed by atoms with Crippen LogP contribution < -0.4 is 113 Å². The van der Waals surface area contributed by atoms with Crippen LogP contribution in [0.5, 0.6) is 11.5 Å². The summed E-state index contributed by atoms with van der Waals surface area (Å²) in [5.41, 5.74) is 1.06. The minimum absolute atomic E-state index is 0. The Balaban J connectivity index is -0.00000156. The molecule has 3 N–H and O–H groups in total. The topological polar surface area (TPSA) is 95.9 Å². The van der Waals surface area contributed by atoms with Gasteiger partial charge in [0.15, 0.2) is 0 Å². The zero-order valence-corrected chi connectivity index (χ0v) is 22.2. The van der Waals surface area contributed by atoms with Gasteiger partial charge in [-0.05, 0) is 42.7 Å². The Bertz CT molecular complexity index is 734. The Labute approximate surface area is 241 Å². The normalized spacial score (nSPS) is 10.2. The van der Waals surface area contributed by atoms with E-state index in [1.54, 1.807) is 0 Å². The Morgan fingerprint density at radius 1 is 1.04 bits per heavy atom. The van der Waals surface area contributed by atoms with Crippen LogP contribution in [-0.4, -0.2) is 28.4 Å². The monoisotopic (exact) mass is 429 g/mol. The second-order valence-electron chi connectivity index (χ2n) is 5.34. The molecule has 0 fully saturated rings. The number of aryl methyl sites for hydroxylation is 1. The molecule has 0 aromatic heterocycles. The molecule has 132 valence electrons. The van der Waals surface area contributed by atoms with Crippen LogP contribution in [-0.2, 0) is 15.8 Å². The van der Waals surface area contributed by atoms with E-state index in [0.717, 1.165) is 23.5 Å². The second kappa shape index (κ2) is 14.2. The van der Waals surface area contributed by atoms with Crippen LogP contribution in [0, 0.1) is 0 Å². The molecule has 9 heteroatoms. The maximum Gasteiger partial charge on any atom is 1.00 e. The molecular weight excluding hydrogens is 407 g/mol. The van der Waals surface area contributed by atoms with Gasteiger partial charge in [0.2, 0.25) is 5.91 Å². The van der Waals surface area contributed by atoms with Crippen molar-refractivity contribution in [3.63, 3.8) is 0 Å². The van der Waals surface area contributed by atoms with Gasteiger partial charge in [0.05, 0.1) is 0 Å². The number of amides is 1. The molecule has 0 aliphatic rings. The van der Waals surface area contributed by atoms with Crippen molar-refractivity contribution in [1.82, 2.24) is 5.32 Å². The van der Waals surface area contributed by atoms with E-state index in [-0.39, 0.29) is 106 Å². The SMILES string of the molecule is O=C(CP(=O)(O)O)NCCCc1cccc(Oc2ccccc2)c1.[H-].[H-].[K+].[K+]. The van der Waals surface area contributed by atoms with Gasteiger partial charge in [-0.15, -0.1) is 0 Å². The van der Waals surface area contributed by atoms with E-state index in [9.17, 15) is 9.36 Å². The maximum absolute atomic E-state index is 11.3. The van der Waals surface area contributed by atoms with Gasteiger partial charge in [0.1, 0.15) is 17.7 Å². The molecule has 2 aromatic carbocycles. The Hall–Kier alpha value is 1.13. The molecule has 6 nitrogen and oxygen atoms in total. The van der Waals surface area contributed by atoms with E-state index in [4.69, 9.17) is 14.5 Å². The van der Waals surface area contributed by atoms with Gasteiger partial charge in [0.25, 0.3) is 0 Å². The molecule has 26 heavy (non-hydrogen) atoms. The van der Waals surface area contributed by atoms with Crippen LogP contribution >= 0.6 is 7.60 Å². The average molecular weight is 430 g/mol. The van der Waals surface area contributed by atoms with Crippen molar-refractivity contribution in [3.05, 3.63) is 60.2 Å². The summed E-state index contributed by atoms with van der Waals surface area (Å²) < 4.78 is 16.5. The fourth-order valence-electron chi connectivity index (χ4n) is 2.15. The molecule has 2 aromatic rings. The summed E-state index contributed by atoms with van der Waals surface area (Å²) in [7, 11) is -4.30. The van der Waals surface area contributed by atoms with E-state index in [0.29, 0.717) is 13.0 Å². The largest absolute Gasteiger partial charge is 1.00 e. The van der Waals surface area contributed by atoms with Crippen molar-refractivity contribution in [1.29, 1.82) is 0 Å². The van der Waals surface area contributed by atoms with E-state index in [2.05, 4.69) is 5.32 Å². The first kappa shape index (κ1) is 27.1. The van der Waals surface area contributed by atoms with Crippen molar-refractivity contribution < 1.29 is 130 Å². The fraction of sp³-hybridized carbons (Fsp3) is 0.235. The molecule has 1 amide bonds. The summed E-state index contributed by atoms with van der Waals surface area (Å²) in [5.74, 6) is 0.869. The summed E-state index contributed by atoms with van der Waals surface area (Å²) in [4.78, 5) is 28.7. The first-order valence-corrected chi connectivity index (χ1v) is 9.35. The first-order valence-electron chi connectivity index (χ1n) is 7.55. The predicted molar refractivity (Wildman–Crippen MR) is 93.4 cm³/mol. The Morgan fingerprint density at radius 3 is 2.35 bits per heavy atom. The van der Waals surface area contributed by atoms with Crippen LogP contribution in [0.2, 0.25) is 0 Å². The van der Waals surface area contributed by atoms with Crippen molar-refractivity contribution in [2.24, 2.45) is 0 Å². The van der Waals surface area contributed by atoms with Crippen LogP contribution in [0.4, 0.5) is 0 Å². The van der Waals surface area contributed by atoms with Crippen molar-refractivity contribution in [2.45, 2.75) is 12.8 Å². The Morgan fingerprint density at radius 2 is 1.69 bits per heavy atom. The van der Waals surface area contributed by atoms with E-state index >= 15 is 0 Å². The molecule has 0 aliphatic heterocycles. The van der Waals surface area contributed by atoms with E-state index < -0.39 is 19.7 Å². The molecule has 0 unspecified atom stereocenters. The number of carbonyl (C=O) groups is 1. The molecule has 0 aliphatic carbocycles. The number of benzene rings is 2. The number of rotatable bonds is 8. The number of nitrogens with one attached hydrogen (secondary N) is 1. The Kier molecular flexibility index (Phi) is 14.8. The standard InChI is InChI=1S/C17H20NO5P.2K.2H/c19-17(13-24(20,21)22)18-11-5-7-14-6-4-10-16(12-14)23-15-8-2-1-3-9-15;;;;/h1-4,6,8-10,12H,5,7,11,13H2,(H,18,19)(H2,20,21,22);;;;/q;2*+1;2*-1. The van der Waals surface area contributed by atoms with Gasteiger partial charge in [-0.2, -0.15) is 0 Å². The number of hydrogen-bond acceptors (Lipinski definition) is 3. The number of carbonyl (C=O) groups excluding carboxylic acids is 1. The van der Waals surface area contributed by atoms with Crippen LogP contribution in [0.1, 0.15) is 14.8 Å². The molecule has 0 heterocycles. The minimum atomic E-state index is -4.30. The van der Waals surface area contributed by atoms with Gasteiger partial charge in [-0.1, -0.05) is 30.3 Å². The first-order chi connectivity index (χ1) is 11.4. The van der Waals surface area contributed by atoms with Gasteiger partial charge in [-0.3, -0.25) is 9.36 Å². The zero-order chi connectivity index (χ0) is 17.4. The second-order valence-corrected chi connectivity index (χ2v) is 6.98. The molecule has 0 saturated carbocycles. The molecule has 0 radical (unpaired) electrons. The molecule has 0 spiro atoms. The van der Waals surface area contributed by atoms with Crippen molar-refractivity contribution in [3.8, 4) is 11.5 Å². The summed E-state index contributed by atoms with van der Waals surface area (Å²) in [6.07, 6.45) is 0.622. The third-order valence-electron chi connectivity index (χ3n) is 3.19. The van der Waals surface area contributed by atoms with E-state index in [1.807, 2.05) is 54.6 Å². The number of para-hydroxylation sites is 1. The van der Waals surface area contributed by atoms with E-state index in [1.165, 1.54) is 0 Å². The predicted octanol–water partition coefficient (Wildman–Crippen LogP) is -3.06. The van der Waals surface area contributed by atoms with Crippen molar-refractivity contribution in [2.75, 3.05) is 12.7 Å². The molecule has 0 bridgehead atoms. The third kappa shape index (κ3) is 11.9. The summed E-state index contributed by atoms with van der Waals surface area (Å²) >= 11 is 0. The van der Waals surface area contributed by atoms with Gasteiger partial charge < -0.3 is 22.7 Å².